The van der Waals surface area contributed by atoms with Crippen LogP contribution in [-0.4, -0.2) is 36.4 Å². The van der Waals surface area contributed by atoms with Crippen molar-refractivity contribution in [3.8, 4) is 11.5 Å². The van der Waals surface area contributed by atoms with Crippen LogP contribution in [0.4, 0.5) is 0 Å². The minimum absolute atomic E-state index is 0.216. The highest BCUT2D eigenvalue weighted by Gasteiger charge is 2.12. The molecule has 0 saturated carbocycles. The molecule has 7 nitrogen and oxygen atoms in total. The molecule has 0 atom stereocenters. The molecule has 2 N–H and O–H groups in total. The number of thiophene rings is 1. The molecule has 2 aromatic rings. The van der Waals surface area contributed by atoms with Crippen molar-refractivity contribution in [1.29, 1.82) is 0 Å². The predicted molar refractivity (Wildman–Crippen MR) is 99.7 cm³/mol. The van der Waals surface area contributed by atoms with Crippen LogP contribution in [0.5, 0.6) is 11.5 Å². The van der Waals surface area contributed by atoms with Crippen LogP contribution in [0, 0.1) is 0 Å². The highest BCUT2D eigenvalue weighted by molar-refractivity contribution is 7.15. The molecule has 0 spiro atoms. The lowest BCUT2D eigenvalue weighted by Gasteiger charge is -2.11. The van der Waals surface area contributed by atoms with Crippen molar-refractivity contribution in [2.75, 3.05) is 13.7 Å². The Hall–Kier alpha value is -2.87. The Morgan fingerprint density at radius 3 is 2.54 bits per heavy atom. The van der Waals surface area contributed by atoms with Crippen LogP contribution in [0.3, 0.4) is 0 Å². The molecule has 0 aliphatic heterocycles. The quantitative estimate of drug-likeness (QED) is 0.544. The third-order valence-corrected chi connectivity index (χ3v) is 4.57. The summed E-state index contributed by atoms with van der Waals surface area (Å²) in [7, 11) is 1.51. The molecule has 0 radical (unpaired) electrons. The number of nitrogens with zero attached hydrogens (tertiary/aromatic N) is 1. The zero-order chi connectivity index (χ0) is 19.1. The molecule has 1 aromatic heterocycles. The fourth-order valence-corrected chi connectivity index (χ4v) is 2.83. The number of hydrogen-bond donors (Lipinski definition) is 2. The lowest BCUT2D eigenvalue weighted by atomic mass is 10.2. The van der Waals surface area contributed by atoms with Gasteiger partial charge < -0.3 is 14.6 Å². The van der Waals surface area contributed by atoms with Gasteiger partial charge in [0.1, 0.15) is 4.88 Å². The second-order valence-corrected chi connectivity index (χ2v) is 6.41. The second kappa shape index (κ2) is 9.00. The number of hydrazone groups is 1. The number of aromatic carboxylic acids is 1. The number of carboxylic acid groups (broad SMARTS) is 1. The van der Waals surface area contributed by atoms with E-state index < -0.39 is 11.9 Å². The summed E-state index contributed by atoms with van der Waals surface area (Å²) in [6.07, 6.45) is 0.867. The zero-order valence-electron chi connectivity index (χ0n) is 14.7. The van der Waals surface area contributed by atoms with E-state index in [0.717, 1.165) is 17.8 Å². The summed E-state index contributed by atoms with van der Waals surface area (Å²) in [5.74, 6) is -0.350. The zero-order valence-corrected chi connectivity index (χ0v) is 15.6. The first kappa shape index (κ1) is 19.5. The van der Waals surface area contributed by atoms with Gasteiger partial charge in [0.05, 0.1) is 24.3 Å². The Bertz CT molecular complexity index is 829. The molecular weight excluding hydrogens is 356 g/mol. The SMILES string of the molecule is CCCOc1ccc(C(=O)N/N=C(/C)c2ccc(C(=O)O)s2)cc1OC. The standard InChI is InChI=1S/C18H20N2O5S/c1-4-9-25-13-6-5-12(10-14(13)24-3)17(21)20-19-11(2)15-7-8-16(26-15)18(22)23/h5-8,10H,4,9H2,1-3H3,(H,20,21)(H,22,23)/b19-11-. The van der Waals surface area contributed by atoms with Gasteiger partial charge in [-0.25, -0.2) is 10.2 Å². The number of rotatable bonds is 8. The van der Waals surface area contributed by atoms with Gasteiger partial charge in [-0.05, 0) is 43.7 Å². The van der Waals surface area contributed by atoms with Gasteiger partial charge in [0, 0.05) is 5.56 Å². The second-order valence-electron chi connectivity index (χ2n) is 5.32. The third kappa shape index (κ3) is 4.82. The molecule has 0 bridgehead atoms. The number of amides is 1. The normalized spacial score (nSPS) is 11.1. The first-order valence-corrected chi connectivity index (χ1v) is 8.76. The molecule has 0 unspecified atom stereocenters. The van der Waals surface area contributed by atoms with Crippen molar-refractivity contribution in [2.24, 2.45) is 5.10 Å². The van der Waals surface area contributed by atoms with Crippen molar-refractivity contribution in [3.63, 3.8) is 0 Å². The Morgan fingerprint density at radius 1 is 1.19 bits per heavy atom. The maximum atomic E-state index is 12.3. The summed E-state index contributed by atoms with van der Waals surface area (Å²) in [5.41, 5.74) is 3.36. The minimum Gasteiger partial charge on any atom is -0.493 e. The van der Waals surface area contributed by atoms with Crippen LogP contribution in [-0.2, 0) is 0 Å². The van der Waals surface area contributed by atoms with Gasteiger partial charge in [-0.2, -0.15) is 5.10 Å². The van der Waals surface area contributed by atoms with E-state index in [1.54, 1.807) is 31.2 Å². The van der Waals surface area contributed by atoms with Crippen LogP contribution in [0.2, 0.25) is 0 Å². The number of carboxylic acids is 1. The summed E-state index contributed by atoms with van der Waals surface area (Å²) in [6.45, 7) is 4.26. The fourth-order valence-electron chi connectivity index (χ4n) is 2.04. The van der Waals surface area contributed by atoms with Crippen molar-refractivity contribution >= 4 is 28.9 Å². The average molecular weight is 376 g/mol. The van der Waals surface area contributed by atoms with Gasteiger partial charge in [0.15, 0.2) is 11.5 Å². The monoisotopic (exact) mass is 376 g/mol. The maximum Gasteiger partial charge on any atom is 0.345 e. The van der Waals surface area contributed by atoms with Crippen LogP contribution in [0.1, 0.15) is 45.2 Å². The lowest BCUT2D eigenvalue weighted by Crippen LogP contribution is -2.19. The lowest BCUT2D eigenvalue weighted by molar-refractivity contribution is 0.0702. The molecule has 8 heteroatoms. The van der Waals surface area contributed by atoms with E-state index in [-0.39, 0.29) is 4.88 Å². The van der Waals surface area contributed by atoms with E-state index in [1.807, 2.05) is 6.92 Å². The van der Waals surface area contributed by atoms with E-state index in [2.05, 4.69) is 10.5 Å². The summed E-state index contributed by atoms with van der Waals surface area (Å²) in [4.78, 5) is 24.1. The summed E-state index contributed by atoms with van der Waals surface area (Å²) < 4.78 is 10.8. The van der Waals surface area contributed by atoms with E-state index in [1.165, 1.54) is 13.2 Å². The van der Waals surface area contributed by atoms with Gasteiger partial charge in [-0.3, -0.25) is 4.79 Å². The number of benzene rings is 1. The van der Waals surface area contributed by atoms with Crippen molar-refractivity contribution in [1.82, 2.24) is 5.43 Å². The third-order valence-electron chi connectivity index (χ3n) is 3.39. The van der Waals surface area contributed by atoms with Gasteiger partial charge in [-0.15, -0.1) is 11.3 Å². The van der Waals surface area contributed by atoms with E-state index in [9.17, 15) is 9.59 Å². The highest BCUT2D eigenvalue weighted by Crippen LogP contribution is 2.28. The van der Waals surface area contributed by atoms with E-state index in [0.29, 0.717) is 34.3 Å². The number of carbonyl (C=O) groups is 2. The molecule has 0 aliphatic rings. The molecule has 0 fully saturated rings. The largest absolute Gasteiger partial charge is 0.493 e. The van der Waals surface area contributed by atoms with Crippen LogP contribution in [0.15, 0.2) is 35.4 Å². The smallest absolute Gasteiger partial charge is 0.345 e. The predicted octanol–water partition coefficient (Wildman–Crippen LogP) is 3.40. The number of carbonyl (C=O) groups excluding carboxylic acids is 1. The molecule has 138 valence electrons. The van der Waals surface area contributed by atoms with E-state index >= 15 is 0 Å². The Labute approximate surface area is 155 Å². The first-order chi connectivity index (χ1) is 12.5. The molecule has 26 heavy (non-hydrogen) atoms. The topological polar surface area (TPSA) is 97.2 Å². The molecular formula is C18H20N2O5S. The number of nitrogens with one attached hydrogen (secondary N) is 1. The summed E-state index contributed by atoms with van der Waals surface area (Å²) >= 11 is 1.09. The summed E-state index contributed by atoms with van der Waals surface area (Å²) in [5, 5.41) is 13.0. The molecule has 0 aliphatic carbocycles. The molecule has 1 aromatic carbocycles. The fraction of sp³-hybridized carbons (Fsp3) is 0.278. The maximum absolute atomic E-state index is 12.3. The Kier molecular flexibility index (Phi) is 6.74. The average Bonchev–Trinajstić information content (AvgIpc) is 3.14. The molecule has 1 amide bonds. The number of hydrogen-bond acceptors (Lipinski definition) is 6. The van der Waals surface area contributed by atoms with Crippen LogP contribution < -0.4 is 14.9 Å². The van der Waals surface area contributed by atoms with Crippen molar-refractivity contribution in [2.45, 2.75) is 20.3 Å². The minimum atomic E-state index is -0.990. The van der Waals surface area contributed by atoms with Gasteiger partial charge in [-0.1, -0.05) is 6.92 Å². The summed E-state index contributed by atoms with van der Waals surface area (Å²) in [6, 6.07) is 8.05. The molecule has 0 saturated heterocycles. The van der Waals surface area contributed by atoms with Gasteiger partial charge >= 0.3 is 5.97 Å². The Morgan fingerprint density at radius 2 is 1.92 bits per heavy atom. The van der Waals surface area contributed by atoms with Crippen LogP contribution in [0.25, 0.3) is 0 Å². The Balaban J connectivity index is 2.09. The van der Waals surface area contributed by atoms with Gasteiger partial charge in [0.25, 0.3) is 5.91 Å². The van der Waals surface area contributed by atoms with Crippen molar-refractivity contribution in [3.05, 3.63) is 45.6 Å². The van der Waals surface area contributed by atoms with Crippen LogP contribution >= 0.6 is 11.3 Å². The highest BCUT2D eigenvalue weighted by atomic mass is 32.1. The number of ether oxygens (including phenoxy) is 2. The molecule has 1 heterocycles. The van der Waals surface area contributed by atoms with E-state index in [4.69, 9.17) is 14.6 Å². The first-order valence-electron chi connectivity index (χ1n) is 7.95. The van der Waals surface area contributed by atoms with Crippen molar-refractivity contribution < 1.29 is 24.2 Å². The number of methoxy groups -OCH3 is 1. The van der Waals surface area contributed by atoms with Gasteiger partial charge in [0.2, 0.25) is 0 Å². The molecule has 2 rings (SSSR count).